The van der Waals surface area contributed by atoms with Gasteiger partial charge in [-0.05, 0) is 77.0 Å². The van der Waals surface area contributed by atoms with E-state index < -0.39 is 6.10 Å². The molecule has 0 N–H and O–H groups in total. The van der Waals surface area contributed by atoms with Crippen molar-refractivity contribution in [1.82, 2.24) is 0 Å². The number of carbonyl (C=O) groups is 3. The van der Waals surface area contributed by atoms with Crippen LogP contribution in [-0.2, 0) is 28.6 Å². The summed E-state index contributed by atoms with van der Waals surface area (Å²) >= 11 is 0. The number of ether oxygens (including phenoxy) is 3. The molecule has 1 unspecified atom stereocenters. The molecule has 0 aliphatic heterocycles. The van der Waals surface area contributed by atoms with Gasteiger partial charge < -0.3 is 14.2 Å². The third kappa shape index (κ3) is 62.5. The summed E-state index contributed by atoms with van der Waals surface area (Å²) in [5, 5.41) is 0. The van der Waals surface area contributed by atoms with Gasteiger partial charge in [-0.3, -0.25) is 14.4 Å². The van der Waals surface area contributed by atoms with Crippen LogP contribution >= 0.6 is 0 Å². The lowest BCUT2D eigenvalue weighted by Gasteiger charge is -2.18. The third-order valence-electron chi connectivity index (χ3n) is 15.4. The number of hydrogen-bond acceptors (Lipinski definition) is 6. The molecule has 0 aromatic rings. The molecule has 76 heavy (non-hydrogen) atoms. The van der Waals surface area contributed by atoms with Crippen molar-refractivity contribution in [3.05, 3.63) is 36.5 Å². The second kappa shape index (κ2) is 65.2. The molecule has 0 aliphatic rings. The van der Waals surface area contributed by atoms with E-state index in [0.717, 1.165) is 77.0 Å². The highest BCUT2D eigenvalue weighted by atomic mass is 16.6. The smallest absolute Gasteiger partial charge is 0.306 e. The van der Waals surface area contributed by atoms with Crippen LogP contribution in [0.1, 0.15) is 374 Å². The zero-order valence-corrected chi connectivity index (χ0v) is 51.3. The Hall–Kier alpha value is -2.37. The maximum atomic E-state index is 12.9. The normalized spacial score (nSPS) is 12.2. The van der Waals surface area contributed by atoms with Gasteiger partial charge in [-0.2, -0.15) is 0 Å². The Morgan fingerprint density at radius 2 is 0.474 bits per heavy atom. The van der Waals surface area contributed by atoms with Crippen molar-refractivity contribution < 1.29 is 28.6 Å². The minimum Gasteiger partial charge on any atom is -0.462 e. The summed E-state index contributed by atoms with van der Waals surface area (Å²) in [6, 6.07) is 0. The van der Waals surface area contributed by atoms with E-state index in [-0.39, 0.29) is 31.1 Å². The minimum atomic E-state index is -0.778. The second-order valence-electron chi connectivity index (χ2n) is 23.1. The zero-order valence-electron chi connectivity index (χ0n) is 51.3. The lowest BCUT2D eigenvalue weighted by atomic mass is 10.0. The predicted octanol–water partition coefficient (Wildman–Crippen LogP) is 23.2. The van der Waals surface area contributed by atoms with E-state index in [2.05, 4.69) is 57.2 Å². The van der Waals surface area contributed by atoms with Crippen LogP contribution in [0.2, 0.25) is 0 Å². The molecule has 0 fully saturated rings. The van der Waals surface area contributed by atoms with Gasteiger partial charge in [-0.1, -0.05) is 314 Å². The van der Waals surface area contributed by atoms with E-state index in [1.165, 1.54) is 257 Å². The van der Waals surface area contributed by atoms with E-state index in [4.69, 9.17) is 14.2 Å². The van der Waals surface area contributed by atoms with E-state index in [1.807, 2.05) is 0 Å². The molecule has 6 nitrogen and oxygen atoms in total. The second-order valence-corrected chi connectivity index (χ2v) is 23.1. The average Bonchev–Trinajstić information content (AvgIpc) is 3.42. The van der Waals surface area contributed by atoms with Gasteiger partial charge in [0.2, 0.25) is 0 Å². The molecule has 0 spiro atoms. The lowest BCUT2D eigenvalue weighted by molar-refractivity contribution is -0.167. The van der Waals surface area contributed by atoms with Crippen LogP contribution in [0.3, 0.4) is 0 Å². The molecular formula is C70H130O6. The van der Waals surface area contributed by atoms with Crippen molar-refractivity contribution in [1.29, 1.82) is 0 Å². The highest BCUT2D eigenvalue weighted by Gasteiger charge is 2.19. The van der Waals surface area contributed by atoms with Crippen molar-refractivity contribution in [3.8, 4) is 0 Å². The topological polar surface area (TPSA) is 78.9 Å². The first-order valence-electron chi connectivity index (χ1n) is 34.0. The molecule has 0 rings (SSSR count). The van der Waals surface area contributed by atoms with E-state index in [9.17, 15) is 14.4 Å². The molecule has 0 bridgehead atoms. The first-order valence-corrected chi connectivity index (χ1v) is 34.0. The van der Waals surface area contributed by atoms with Gasteiger partial charge in [-0.15, -0.1) is 0 Å². The van der Waals surface area contributed by atoms with Crippen molar-refractivity contribution >= 4 is 17.9 Å². The summed E-state index contributed by atoms with van der Waals surface area (Å²) in [5.41, 5.74) is 0. The molecule has 0 saturated heterocycles. The number of hydrogen-bond donors (Lipinski definition) is 0. The Morgan fingerprint density at radius 3 is 0.763 bits per heavy atom. The van der Waals surface area contributed by atoms with Gasteiger partial charge in [0, 0.05) is 19.3 Å². The van der Waals surface area contributed by atoms with E-state index in [1.54, 1.807) is 0 Å². The van der Waals surface area contributed by atoms with Gasteiger partial charge in [0.15, 0.2) is 6.10 Å². The number of rotatable bonds is 63. The summed E-state index contributed by atoms with van der Waals surface area (Å²) in [4.78, 5) is 38.4. The summed E-state index contributed by atoms with van der Waals surface area (Å²) < 4.78 is 17.0. The largest absolute Gasteiger partial charge is 0.462 e. The Morgan fingerprint density at radius 1 is 0.263 bits per heavy atom. The Bertz CT molecular complexity index is 1270. The molecule has 6 heteroatoms. The number of allylic oxidation sites excluding steroid dienone is 6. The molecular weight excluding hydrogens is 937 g/mol. The van der Waals surface area contributed by atoms with E-state index in [0.29, 0.717) is 19.3 Å². The zero-order chi connectivity index (χ0) is 55.0. The number of carbonyl (C=O) groups excluding carboxylic acids is 3. The van der Waals surface area contributed by atoms with Crippen LogP contribution in [0.25, 0.3) is 0 Å². The van der Waals surface area contributed by atoms with Gasteiger partial charge >= 0.3 is 17.9 Å². The predicted molar refractivity (Wildman–Crippen MR) is 330 cm³/mol. The Balaban J connectivity index is 4.25. The highest BCUT2D eigenvalue weighted by Crippen LogP contribution is 2.18. The van der Waals surface area contributed by atoms with Crippen molar-refractivity contribution in [3.63, 3.8) is 0 Å². The molecule has 0 saturated carbocycles. The van der Waals surface area contributed by atoms with Gasteiger partial charge in [0.25, 0.3) is 0 Å². The van der Waals surface area contributed by atoms with Crippen molar-refractivity contribution in [2.24, 2.45) is 0 Å². The Kier molecular flexibility index (Phi) is 63.1. The molecule has 0 heterocycles. The third-order valence-corrected chi connectivity index (χ3v) is 15.4. The summed E-state index contributed by atoms with van der Waals surface area (Å²) in [6.45, 7) is 6.66. The number of unbranched alkanes of at least 4 members (excludes halogenated alkanes) is 46. The SMILES string of the molecule is CCCCC/C=C\C/C=C\CCCCCCCCCC(=O)OC(COC(=O)CCCCCCC/C=C\CCCCCCCC)COC(=O)CCCCCCCCCCCCCCCCCCCCCCCCCCCC. The van der Waals surface area contributed by atoms with Crippen LogP contribution in [0.4, 0.5) is 0 Å². The quantitative estimate of drug-likeness (QED) is 0.0261. The highest BCUT2D eigenvalue weighted by molar-refractivity contribution is 5.71. The fraction of sp³-hybridized carbons (Fsp3) is 0.871. The summed E-state index contributed by atoms with van der Waals surface area (Å²) in [6.07, 6.45) is 80.2. The fourth-order valence-corrected chi connectivity index (χ4v) is 10.2. The first kappa shape index (κ1) is 73.6. The molecule has 446 valence electrons. The monoisotopic (exact) mass is 1070 g/mol. The first-order chi connectivity index (χ1) is 37.5. The van der Waals surface area contributed by atoms with Crippen LogP contribution in [0.15, 0.2) is 36.5 Å². The van der Waals surface area contributed by atoms with Crippen LogP contribution in [-0.4, -0.2) is 37.2 Å². The van der Waals surface area contributed by atoms with Crippen LogP contribution in [0, 0.1) is 0 Å². The molecule has 0 aliphatic carbocycles. The summed E-state index contributed by atoms with van der Waals surface area (Å²) in [7, 11) is 0. The molecule has 0 amide bonds. The van der Waals surface area contributed by atoms with Crippen molar-refractivity contribution in [2.75, 3.05) is 13.2 Å². The van der Waals surface area contributed by atoms with Crippen LogP contribution < -0.4 is 0 Å². The fourth-order valence-electron chi connectivity index (χ4n) is 10.2. The summed E-state index contributed by atoms with van der Waals surface area (Å²) in [5.74, 6) is -0.865. The molecule has 1 atom stereocenters. The van der Waals surface area contributed by atoms with Gasteiger partial charge in [0.1, 0.15) is 13.2 Å². The maximum Gasteiger partial charge on any atom is 0.306 e. The average molecular weight is 1070 g/mol. The van der Waals surface area contributed by atoms with Gasteiger partial charge in [0.05, 0.1) is 0 Å². The minimum absolute atomic E-state index is 0.0737. The van der Waals surface area contributed by atoms with E-state index >= 15 is 0 Å². The maximum absolute atomic E-state index is 12.9. The molecule has 0 aromatic carbocycles. The Labute approximate surface area is 474 Å². The molecule has 0 radical (unpaired) electrons. The molecule has 0 aromatic heterocycles. The van der Waals surface area contributed by atoms with Crippen molar-refractivity contribution in [2.45, 2.75) is 380 Å². The lowest BCUT2D eigenvalue weighted by Crippen LogP contribution is -2.30. The van der Waals surface area contributed by atoms with Gasteiger partial charge in [-0.25, -0.2) is 0 Å². The standard InChI is InChI=1S/C70H130O6/c1-4-7-10-13-16-19-22-25-28-30-31-32-33-34-35-36-37-38-40-42-45-48-51-54-57-60-63-69(72)75-66-67(65-74-68(71)62-59-56-53-50-47-44-41-27-24-21-18-15-12-9-6-3)76-70(73)64-61-58-55-52-49-46-43-39-29-26-23-20-17-14-11-8-5-2/h17,20,26-27,29,41,67H,4-16,18-19,21-25,28,30-40,42-66H2,1-3H3/b20-17-,29-26-,41-27-. The van der Waals surface area contributed by atoms with Crippen LogP contribution in [0.5, 0.6) is 0 Å². The number of esters is 3.